The maximum Gasteiger partial charge on any atom is 0.246 e. The SMILES string of the molecule is C=CC(=O)N1CCC(n2nc(-c3ccc(Oc4cccc(OC)c4F)cc3)c3c2CCN(C(C)=O)C3)C1. The normalized spacial score (nSPS) is 16.9. The van der Waals surface area contributed by atoms with E-state index in [0.29, 0.717) is 38.3 Å². The van der Waals surface area contributed by atoms with Gasteiger partial charge in [-0.1, -0.05) is 12.6 Å². The highest BCUT2D eigenvalue weighted by atomic mass is 19.1. The van der Waals surface area contributed by atoms with Crippen molar-refractivity contribution in [2.75, 3.05) is 26.7 Å². The van der Waals surface area contributed by atoms with Crippen molar-refractivity contribution in [1.29, 1.82) is 0 Å². The van der Waals surface area contributed by atoms with E-state index in [1.807, 2.05) is 17.0 Å². The number of amides is 2. The Kier molecular flexibility index (Phi) is 6.69. The molecule has 37 heavy (non-hydrogen) atoms. The molecule has 0 N–H and O–H groups in total. The van der Waals surface area contributed by atoms with Crippen molar-refractivity contribution in [3.05, 3.63) is 72.2 Å². The molecule has 2 aromatic carbocycles. The molecule has 2 aliphatic heterocycles. The third-order valence-corrected chi connectivity index (χ3v) is 7.03. The highest BCUT2D eigenvalue weighted by Crippen LogP contribution is 2.36. The summed E-state index contributed by atoms with van der Waals surface area (Å²) in [5.41, 5.74) is 3.79. The molecule has 1 atom stereocenters. The monoisotopic (exact) mass is 504 g/mol. The zero-order chi connectivity index (χ0) is 26.1. The summed E-state index contributed by atoms with van der Waals surface area (Å²) < 4.78 is 27.4. The fourth-order valence-electron chi connectivity index (χ4n) is 5.05. The summed E-state index contributed by atoms with van der Waals surface area (Å²) in [6.07, 6.45) is 2.85. The highest BCUT2D eigenvalue weighted by Gasteiger charge is 2.33. The van der Waals surface area contributed by atoms with Crippen LogP contribution < -0.4 is 9.47 Å². The Balaban J connectivity index is 1.45. The van der Waals surface area contributed by atoms with Crippen LogP contribution in [-0.2, 0) is 22.6 Å². The molecule has 9 heteroatoms. The minimum Gasteiger partial charge on any atom is -0.494 e. The smallest absolute Gasteiger partial charge is 0.246 e. The number of aromatic nitrogens is 2. The Labute approximate surface area is 214 Å². The second-order valence-electron chi connectivity index (χ2n) is 9.24. The number of hydrogen-bond acceptors (Lipinski definition) is 5. The van der Waals surface area contributed by atoms with Gasteiger partial charge in [0.2, 0.25) is 17.6 Å². The minimum absolute atomic E-state index is 0.0250. The van der Waals surface area contributed by atoms with Crippen LogP contribution in [0.4, 0.5) is 4.39 Å². The minimum atomic E-state index is -0.563. The number of benzene rings is 2. The first-order valence-corrected chi connectivity index (χ1v) is 12.3. The van der Waals surface area contributed by atoms with Gasteiger partial charge in [-0.3, -0.25) is 14.3 Å². The lowest BCUT2D eigenvalue weighted by molar-refractivity contribution is -0.129. The first-order valence-electron chi connectivity index (χ1n) is 12.3. The number of carbonyl (C=O) groups is 2. The number of rotatable bonds is 6. The Morgan fingerprint density at radius 3 is 2.57 bits per heavy atom. The number of hydrogen-bond donors (Lipinski definition) is 0. The summed E-state index contributed by atoms with van der Waals surface area (Å²) in [5, 5.41) is 5.01. The molecule has 0 radical (unpaired) electrons. The van der Waals surface area contributed by atoms with Crippen molar-refractivity contribution in [3.63, 3.8) is 0 Å². The van der Waals surface area contributed by atoms with E-state index >= 15 is 0 Å². The van der Waals surface area contributed by atoms with E-state index in [4.69, 9.17) is 14.6 Å². The second-order valence-corrected chi connectivity index (χ2v) is 9.24. The van der Waals surface area contributed by atoms with E-state index in [1.54, 1.807) is 36.1 Å². The first kappa shape index (κ1) is 24.5. The quantitative estimate of drug-likeness (QED) is 0.467. The van der Waals surface area contributed by atoms with Gasteiger partial charge in [-0.05, 0) is 48.9 Å². The van der Waals surface area contributed by atoms with E-state index in [1.165, 1.54) is 19.3 Å². The zero-order valence-corrected chi connectivity index (χ0v) is 20.9. The number of fused-ring (bicyclic) bond motifs is 1. The molecule has 1 aromatic heterocycles. The van der Waals surface area contributed by atoms with Gasteiger partial charge >= 0.3 is 0 Å². The zero-order valence-electron chi connectivity index (χ0n) is 20.9. The molecule has 2 amide bonds. The molecule has 2 aliphatic rings. The van der Waals surface area contributed by atoms with Crippen LogP contribution in [0.25, 0.3) is 11.3 Å². The van der Waals surface area contributed by atoms with Crippen molar-refractivity contribution in [3.8, 4) is 28.5 Å². The summed E-state index contributed by atoms with van der Waals surface area (Å²) in [6, 6.07) is 12.1. The molecule has 1 saturated heterocycles. The molecule has 0 saturated carbocycles. The summed E-state index contributed by atoms with van der Waals surface area (Å²) in [7, 11) is 1.41. The van der Waals surface area contributed by atoms with Crippen LogP contribution in [-0.4, -0.2) is 58.1 Å². The largest absolute Gasteiger partial charge is 0.494 e. The highest BCUT2D eigenvalue weighted by molar-refractivity contribution is 5.87. The van der Waals surface area contributed by atoms with Gasteiger partial charge in [0, 0.05) is 56.3 Å². The molecule has 0 aliphatic carbocycles. The molecular weight excluding hydrogens is 475 g/mol. The Bertz CT molecular complexity index is 1350. The Morgan fingerprint density at radius 2 is 1.86 bits per heavy atom. The molecule has 1 unspecified atom stereocenters. The van der Waals surface area contributed by atoms with Crippen LogP contribution in [0.2, 0.25) is 0 Å². The van der Waals surface area contributed by atoms with Crippen LogP contribution >= 0.6 is 0 Å². The topological polar surface area (TPSA) is 76.9 Å². The number of halogens is 1. The van der Waals surface area contributed by atoms with Gasteiger partial charge in [-0.25, -0.2) is 0 Å². The molecule has 0 bridgehead atoms. The van der Waals surface area contributed by atoms with E-state index in [2.05, 4.69) is 11.3 Å². The number of ether oxygens (including phenoxy) is 2. The standard InChI is InChI=1S/C28H29FN4O4/c1-4-26(35)32-14-12-20(16-32)33-23-13-15-31(18(2)34)17-22(23)28(30-33)19-8-10-21(11-9-19)37-25-7-5-6-24(36-3)27(25)29/h4-11,20H,1,12-17H2,2-3H3. The van der Waals surface area contributed by atoms with E-state index in [-0.39, 0.29) is 29.4 Å². The molecule has 192 valence electrons. The maximum atomic E-state index is 14.5. The lowest BCUT2D eigenvalue weighted by atomic mass is 10.0. The molecule has 5 rings (SSSR count). The lowest BCUT2D eigenvalue weighted by Crippen LogP contribution is -2.35. The summed E-state index contributed by atoms with van der Waals surface area (Å²) in [6.45, 7) is 7.53. The third-order valence-electron chi connectivity index (χ3n) is 7.03. The van der Waals surface area contributed by atoms with Crippen molar-refractivity contribution in [2.45, 2.75) is 32.4 Å². The summed E-state index contributed by atoms with van der Waals surface area (Å²) in [4.78, 5) is 27.9. The maximum absolute atomic E-state index is 14.5. The molecule has 3 heterocycles. The van der Waals surface area contributed by atoms with E-state index in [0.717, 1.165) is 28.9 Å². The van der Waals surface area contributed by atoms with Gasteiger partial charge in [0.15, 0.2) is 11.5 Å². The van der Waals surface area contributed by atoms with Crippen LogP contribution in [0.3, 0.4) is 0 Å². The third kappa shape index (κ3) is 4.69. The number of carbonyl (C=O) groups excluding carboxylic acids is 2. The predicted molar refractivity (Wildman–Crippen MR) is 136 cm³/mol. The molecular formula is C28H29FN4O4. The van der Waals surface area contributed by atoms with Gasteiger partial charge in [0.1, 0.15) is 5.75 Å². The van der Waals surface area contributed by atoms with Gasteiger partial charge in [-0.2, -0.15) is 9.49 Å². The molecule has 8 nitrogen and oxygen atoms in total. The predicted octanol–water partition coefficient (Wildman–Crippen LogP) is 4.35. The van der Waals surface area contributed by atoms with E-state index in [9.17, 15) is 14.0 Å². The van der Waals surface area contributed by atoms with Crippen molar-refractivity contribution < 1.29 is 23.5 Å². The van der Waals surface area contributed by atoms with Gasteiger partial charge < -0.3 is 19.3 Å². The molecule has 1 fully saturated rings. The van der Waals surface area contributed by atoms with Crippen LogP contribution in [0.1, 0.15) is 30.6 Å². The number of likely N-dealkylation sites (tertiary alicyclic amines) is 1. The summed E-state index contributed by atoms with van der Waals surface area (Å²) >= 11 is 0. The lowest BCUT2D eigenvalue weighted by Gasteiger charge is -2.27. The van der Waals surface area contributed by atoms with Gasteiger partial charge in [-0.15, -0.1) is 0 Å². The summed E-state index contributed by atoms with van der Waals surface area (Å²) in [5.74, 6) is 0.0505. The Morgan fingerprint density at radius 1 is 1.11 bits per heavy atom. The van der Waals surface area contributed by atoms with Crippen LogP contribution in [0, 0.1) is 5.82 Å². The van der Waals surface area contributed by atoms with Crippen molar-refractivity contribution >= 4 is 11.8 Å². The molecule has 3 aromatic rings. The van der Waals surface area contributed by atoms with Crippen LogP contribution in [0.5, 0.6) is 17.2 Å². The average Bonchev–Trinajstić information content (AvgIpc) is 3.55. The van der Waals surface area contributed by atoms with Gasteiger partial charge in [0.05, 0.1) is 18.8 Å². The van der Waals surface area contributed by atoms with E-state index < -0.39 is 5.82 Å². The fraction of sp³-hybridized carbons (Fsp3) is 0.321. The number of methoxy groups -OCH3 is 1. The second kappa shape index (κ2) is 10.1. The fourth-order valence-corrected chi connectivity index (χ4v) is 5.05. The first-order chi connectivity index (χ1) is 17.9. The van der Waals surface area contributed by atoms with Gasteiger partial charge in [0.25, 0.3) is 0 Å². The van der Waals surface area contributed by atoms with Crippen molar-refractivity contribution in [1.82, 2.24) is 19.6 Å². The van der Waals surface area contributed by atoms with Crippen LogP contribution in [0.15, 0.2) is 55.1 Å². The average molecular weight is 505 g/mol. The molecule has 0 spiro atoms. The number of nitrogens with zero attached hydrogens (tertiary/aromatic N) is 4. The van der Waals surface area contributed by atoms with Crippen molar-refractivity contribution in [2.24, 2.45) is 0 Å². The Hall–Kier alpha value is -4.14.